The average molecular weight is 337 g/mol. The summed E-state index contributed by atoms with van der Waals surface area (Å²) in [5.74, 6) is 6.17. The van der Waals surface area contributed by atoms with E-state index in [-0.39, 0.29) is 5.82 Å². The minimum absolute atomic E-state index is 0.312. The highest BCUT2D eigenvalue weighted by Crippen LogP contribution is 2.22. The van der Waals surface area contributed by atoms with E-state index in [1.165, 1.54) is 12.1 Å². The molecule has 0 bridgehead atoms. The van der Waals surface area contributed by atoms with Gasteiger partial charge in [-0.2, -0.15) is 9.78 Å². The van der Waals surface area contributed by atoms with E-state index in [2.05, 4.69) is 21.9 Å². The fourth-order valence-corrected chi connectivity index (χ4v) is 2.12. The summed E-state index contributed by atoms with van der Waals surface area (Å²) < 4.78 is 25.5. The van der Waals surface area contributed by atoms with Crippen molar-refractivity contribution in [3.05, 3.63) is 71.9 Å². The maximum Gasteiger partial charge on any atom is 0.232 e. The summed E-state index contributed by atoms with van der Waals surface area (Å²) in [5.41, 5.74) is 1.95. The van der Waals surface area contributed by atoms with Crippen molar-refractivity contribution < 1.29 is 13.9 Å². The van der Waals surface area contributed by atoms with Gasteiger partial charge in [-0.15, -0.1) is 0 Å². The summed E-state index contributed by atoms with van der Waals surface area (Å²) >= 11 is 0. The Balaban J connectivity index is 1.95. The van der Waals surface area contributed by atoms with Crippen LogP contribution in [0.4, 0.5) is 4.39 Å². The molecule has 3 rings (SSSR count). The van der Waals surface area contributed by atoms with Crippen molar-refractivity contribution in [3.8, 4) is 23.4 Å². The zero-order valence-electron chi connectivity index (χ0n) is 13.6. The van der Waals surface area contributed by atoms with Crippen LogP contribution >= 0.6 is 0 Å². The molecule has 0 saturated heterocycles. The number of benzene rings is 1. The Hall–Kier alpha value is -3.17. The van der Waals surface area contributed by atoms with Gasteiger partial charge in [-0.1, -0.05) is 12.0 Å². The van der Waals surface area contributed by atoms with Gasteiger partial charge in [-0.3, -0.25) is 0 Å². The van der Waals surface area contributed by atoms with Gasteiger partial charge in [0.1, 0.15) is 23.7 Å². The molecule has 0 spiro atoms. The number of ether oxygens (including phenoxy) is 2. The van der Waals surface area contributed by atoms with Crippen LogP contribution in [-0.2, 0) is 4.74 Å². The van der Waals surface area contributed by atoms with Gasteiger partial charge in [-0.25, -0.2) is 9.37 Å². The number of hydrogen-bond acceptors (Lipinski definition) is 4. The molecule has 0 aliphatic heterocycles. The summed E-state index contributed by atoms with van der Waals surface area (Å²) in [5, 5.41) is 4.31. The third-order valence-electron chi connectivity index (χ3n) is 3.31. The van der Waals surface area contributed by atoms with Crippen LogP contribution in [0.1, 0.15) is 11.3 Å². The average Bonchev–Trinajstić information content (AvgIpc) is 3.05. The molecule has 0 N–H and O–H groups in total. The second kappa shape index (κ2) is 8.08. The minimum Gasteiger partial charge on any atom is -0.474 e. The highest BCUT2D eigenvalue weighted by atomic mass is 19.1. The first-order valence-corrected chi connectivity index (χ1v) is 7.66. The van der Waals surface area contributed by atoms with Crippen LogP contribution in [-0.4, -0.2) is 35.1 Å². The Kier molecular flexibility index (Phi) is 5.39. The van der Waals surface area contributed by atoms with Crippen molar-refractivity contribution in [2.75, 3.05) is 20.3 Å². The number of pyridine rings is 1. The molecule has 0 saturated carbocycles. The lowest BCUT2D eigenvalue weighted by molar-refractivity contribution is 0.142. The molecule has 0 aliphatic rings. The summed E-state index contributed by atoms with van der Waals surface area (Å²) in [6.07, 6.45) is 3.30. The van der Waals surface area contributed by atoms with Gasteiger partial charge in [0.2, 0.25) is 5.88 Å². The molecule has 0 amide bonds. The Morgan fingerprint density at radius 2 is 1.92 bits per heavy atom. The normalized spacial score (nSPS) is 10.2. The summed E-state index contributed by atoms with van der Waals surface area (Å²) in [7, 11) is 1.60. The maximum absolute atomic E-state index is 13.2. The second-order valence-electron chi connectivity index (χ2n) is 5.06. The van der Waals surface area contributed by atoms with Crippen LogP contribution in [0.5, 0.6) is 5.88 Å². The van der Waals surface area contributed by atoms with Crippen LogP contribution in [0.25, 0.3) is 5.69 Å². The third kappa shape index (κ3) is 4.22. The van der Waals surface area contributed by atoms with Gasteiger partial charge in [-0.05, 0) is 42.3 Å². The van der Waals surface area contributed by atoms with Crippen molar-refractivity contribution in [2.45, 2.75) is 0 Å². The van der Waals surface area contributed by atoms with Crippen LogP contribution in [0.3, 0.4) is 0 Å². The lowest BCUT2D eigenvalue weighted by Gasteiger charge is -2.09. The lowest BCUT2D eigenvalue weighted by atomic mass is 10.3. The standard InChI is InChI=1S/C19H16FN3O2/c1-24-12-13-25-19-15(5-8-17-4-2-3-11-21-17)14-22-23(19)18-9-6-16(20)7-10-18/h2-4,6-7,9-11,14H,12-13H2,1H3. The lowest BCUT2D eigenvalue weighted by Crippen LogP contribution is -2.09. The molecule has 0 unspecified atom stereocenters. The maximum atomic E-state index is 13.2. The van der Waals surface area contributed by atoms with E-state index in [1.54, 1.807) is 36.3 Å². The van der Waals surface area contributed by atoms with Crippen molar-refractivity contribution in [1.29, 1.82) is 0 Å². The monoisotopic (exact) mass is 337 g/mol. The van der Waals surface area contributed by atoms with Crippen molar-refractivity contribution in [2.24, 2.45) is 0 Å². The van der Waals surface area contributed by atoms with Crippen molar-refractivity contribution >= 4 is 0 Å². The Morgan fingerprint density at radius 3 is 2.64 bits per heavy atom. The molecule has 126 valence electrons. The molecule has 1 aromatic carbocycles. The molecule has 0 aliphatic carbocycles. The first-order valence-electron chi connectivity index (χ1n) is 7.66. The number of nitrogens with zero attached hydrogens (tertiary/aromatic N) is 3. The summed E-state index contributed by atoms with van der Waals surface area (Å²) in [6.45, 7) is 0.781. The van der Waals surface area contributed by atoms with Gasteiger partial charge in [0, 0.05) is 13.3 Å². The van der Waals surface area contributed by atoms with Crippen LogP contribution in [0.2, 0.25) is 0 Å². The van der Waals surface area contributed by atoms with Crippen LogP contribution in [0.15, 0.2) is 54.9 Å². The minimum atomic E-state index is -0.312. The Bertz CT molecular complexity index is 881. The molecule has 25 heavy (non-hydrogen) atoms. The number of rotatable bonds is 5. The Morgan fingerprint density at radius 1 is 1.08 bits per heavy atom. The van der Waals surface area contributed by atoms with Gasteiger partial charge in [0.15, 0.2) is 0 Å². The molecule has 5 nitrogen and oxygen atoms in total. The molecular weight excluding hydrogens is 321 g/mol. The van der Waals surface area contributed by atoms with E-state index in [9.17, 15) is 4.39 Å². The molecule has 6 heteroatoms. The zero-order valence-corrected chi connectivity index (χ0v) is 13.6. The second-order valence-corrected chi connectivity index (χ2v) is 5.06. The van der Waals surface area contributed by atoms with E-state index in [1.807, 2.05) is 18.2 Å². The number of halogens is 1. The molecular formula is C19H16FN3O2. The smallest absolute Gasteiger partial charge is 0.232 e. The number of methoxy groups -OCH3 is 1. The van der Waals surface area contributed by atoms with E-state index in [0.29, 0.717) is 36.0 Å². The summed E-state index contributed by atoms with van der Waals surface area (Å²) in [4.78, 5) is 4.17. The number of hydrogen-bond donors (Lipinski definition) is 0. The van der Waals surface area contributed by atoms with E-state index in [0.717, 1.165) is 0 Å². The fraction of sp³-hybridized carbons (Fsp3) is 0.158. The topological polar surface area (TPSA) is 49.2 Å². The first kappa shape index (κ1) is 16.7. The zero-order chi connectivity index (χ0) is 17.5. The molecule has 0 atom stereocenters. The van der Waals surface area contributed by atoms with Gasteiger partial charge in [0.05, 0.1) is 18.5 Å². The molecule has 2 heterocycles. The van der Waals surface area contributed by atoms with Crippen LogP contribution in [0, 0.1) is 17.7 Å². The van der Waals surface area contributed by atoms with Crippen molar-refractivity contribution in [3.63, 3.8) is 0 Å². The predicted molar refractivity (Wildman–Crippen MR) is 91.1 cm³/mol. The number of aromatic nitrogens is 3. The highest BCUT2D eigenvalue weighted by Gasteiger charge is 2.13. The third-order valence-corrected chi connectivity index (χ3v) is 3.31. The largest absolute Gasteiger partial charge is 0.474 e. The van der Waals surface area contributed by atoms with Gasteiger partial charge < -0.3 is 9.47 Å². The first-order chi connectivity index (χ1) is 12.3. The summed E-state index contributed by atoms with van der Waals surface area (Å²) in [6, 6.07) is 11.5. The molecule has 3 aromatic rings. The van der Waals surface area contributed by atoms with E-state index >= 15 is 0 Å². The predicted octanol–water partition coefficient (Wildman–Crippen LogP) is 2.83. The molecule has 0 fully saturated rings. The molecule has 0 radical (unpaired) electrons. The molecule has 2 aromatic heterocycles. The van der Waals surface area contributed by atoms with Crippen LogP contribution < -0.4 is 4.74 Å². The van der Waals surface area contributed by atoms with E-state index in [4.69, 9.17) is 9.47 Å². The quantitative estimate of drug-likeness (QED) is 0.531. The van der Waals surface area contributed by atoms with Gasteiger partial charge in [0.25, 0.3) is 0 Å². The van der Waals surface area contributed by atoms with Crippen molar-refractivity contribution in [1.82, 2.24) is 14.8 Å². The fourth-order valence-electron chi connectivity index (χ4n) is 2.12. The van der Waals surface area contributed by atoms with Gasteiger partial charge >= 0.3 is 0 Å². The van der Waals surface area contributed by atoms with E-state index < -0.39 is 0 Å². The Labute approximate surface area is 145 Å². The SMILES string of the molecule is COCCOc1c(C#Cc2ccccn2)cnn1-c1ccc(F)cc1. The highest BCUT2D eigenvalue weighted by molar-refractivity contribution is 5.48.